The van der Waals surface area contributed by atoms with Crippen molar-refractivity contribution in [1.29, 1.82) is 0 Å². The molecule has 0 spiro atoms. The van der Waals surface area contributed by atoms with Gasteiger partial charge in [-0.05, 0) is 37.9 Å². The Morgan fingerprint density at radius 2 is 2.28 bits per heavy atom. The molecule has 98 valence electrons. The van der Waals surface area contributed by atoms with Gasteiger partial charge in [-0.2, -0.15) is 0 Å². The summed E-state index contributed by atoms with van der Waals surface area (Å²) in [6.45, 7) is 1.69. The maximum Gasteiger partial charge on any atom is 0.313 e. The van der Waals surface area contributed by atoms with E-state index in [-0.39, 0.29) is 17.7 Å². The third kappa shape index (κ3) is 2.70. The first kappa shape index (κ1) is 13.0. The molecule has 1 aromatic carbocycles. The Bertz CT molecular complexity index is 416. The molecule has 0 aliphatic carbocycles. The Morgan fingerprint density at radius 1 is 1.50 bits per heavy atom. The number of ether oxygens (including phenoxy) is 1. The SMILES string of the molecule is COC(=O)C(c1ccccc1F)C1CCCNC1. The molecule has 0 bridgehead atoms. The highest BCUT2D eigenvalue weighted by Gasteiger charge is 2.33. The Hall–Kier alpha value is -1.42. The standard InChI is InChI=1S/C14H18FNO2/c1-18-14(17)13(10-5-4-8-16-9-10)11-6-2-3-7-12(11)15/h2-3,6-7,10,13,16H,4-5,8-9H2,1H3. The number of rotatable bonds is 3. The predicted octanol–water partition coefficient (Wildman–Crippen LogP) is 2.08. The van der Waals surface area contributed by atoms with E-state index in [0.29, 0.717) is 5.56 Å². The van der Waals surface area contributed by atoms with E-state index in [2.05, 4.69) is 5.32 Å². The molecule has 0 amide bonds. The number of hydrogen-bond acceptors (Lipinski definition) is 3. The first-order valence-corrected chi connectivity index (χ1v) is 6.27. The highest BCUT2D eigenvalue weighted by atomic mass is 19.1. The van der Waals surface area contributed by atoms with Crippen molar-refractivity contribution >= 4 is 5.97 Å². The summed E-state index contributed by atoms with van der Waals surface area (Å²) < 4.78 is 18.7. The van der Waals surface area contributed by atoms with Gasteiger partial charge in [0.1, 0.15) is 5.82 Å². The summed E-state index contributed by atoms with van der Waals surface area (Å²) in [5.41, 5.74) is 0.443. The van der Waals surface area contributed by atoms with Gasteiger partial charge in [-0.15, -0.1) is 0 Å². The monoisotopic (exact) mass is 251 g/mol. The first-order valence-electron chi connectivity index (χ1n) is 6.27. The highest BCUT2D eigenvalue weighted by molar-refractivity contribution is 5.78. The molecule has 4 heteroatoms. The fourth-order valence-electron chi connectivity index (χ4n) is 2.59. The molecule has 2 atom stereocenters. The minimum absolute atomic E-state index is 0.100. The Balaban J connectivity index is 2.30. The zero-order valence-corrected chi connectivity index (χ0v) is 10.5. The predicted molar refractivity (Wildman–Crippen MR) is 66.8 cm³/mol. The van der Waals surface area contributed by atoms with Crippen LogP contribution in [0.4, 0.5) is 4.39 Å². The Kier molecular flexibility index (Phi) is 4.31. The van der Waals surface area contributed by atoms with Gasteiger partial charge in [-0.25, -0.2) is 4.39 Å². The van der Waals surface area contributed by atoms with E-state index < -0.39 is 5.92 Å². The van der Waals surface area contributed by atoms with Crippen molar-refractivity contribution in [3.05, 3.63) is 35.6 Å². The minimum Gasteiger partial charge on any atom is -0.469 e. The number of halogens is 1. The first-order chi connectivity index (χ1) is 8.74. The van der Waals surface area contributed by atoms with Crippen LogP contribution in [0.2, 0.25) is 0 Å². The number of esters is 1. The average Bonchev–Trinajstić information content (AvgIpc) is 2.42. The summed E-state index contributed by atoms with van der Waals surface area (Å²) in [7, 11) is 1.35. The lowest BCUT2D eigenvalue weighted by Crippen LogP contribution is -2.36. The quantitative estimate of drug-likeness (QED) is 0.836. The summed E-state index contributed by atoms with van der Waals surface area (Å²) in [5.74, 6) is -1.10. The molecule has 0 saturated carbocycles. The average molecular weight is 251 g/mol. The molecule has 1 N–H and O–H groups in total. The van der Waals surface area contributed by atoms with Crippen LogP contribution in [0.3, 0.4) is 0 Å². The second-order valence-electron chi connectivity index (χ2n) is 4.63. The summed E-state index contributed by atoms with van der Waals surface area (Å²) >= 11 is 0. The lowest BCUT2D eigenvalue weighted by molar-refractivity contribution is -0.144. The summed E-state index contributed by atoms with van der Waals surface area (Å²) in [6, 6.07) is 6.45. The van der Waals surface area contributed by atoms with Gasteiger partial charge in [-0.3, -0.25) is 4.79 Å². The molecule has 2 unspecified atom stereocenters. The third-order valence-electron chi connectivity index (χ3n) is 3.50. The van der Waals surface area contributed by atoms with Crippen molar-refractivity contribution < 1.29 is 13.9 Å². The normalized spacial score (nSPS) is 21.3. The van der Waals surface area contributed by atoms with Crippen LogP contribution >= 0.6 is 0 Å². The molecular weight excluding hydrogens is 233 g/mol. The molecule has 3 nitrogen and oxygen atoms in total. The highest BCUT2D eigenvalue weighted by Crippen LogP contribution is 2.32. The third-order valence-corrected chi connectivity index (χ3v) is 3.50. The van der Waals surface area contributed by atoms with Crippen LogP contribution in [0, 0.1) is 11.7 Å². The van der Waals surface area contributed by atoms with Gasteiger partial charge in [0, 0.05) is 5.56 Å². The van der Waals surface area contributed by atoms with Crippen molar-refractivity contribution in [3.63, 3.8) is 0 Å². The smallest absolute Gasteiger partial charge is 0.313 e. The number of nitrogens with one attached hydrogen (secondary N) is 1. The van der Waals surface area contributed by atoms with E-state index in [1.165, 1.54) is 13.2 Å². The van der Waals surface area contributed by atoms with Crippen molar-refractivity contribution in [2.75, 3.05) is 20.2 Å². The van der Waals surface area contributed by atoms with Crippen LogP contribution in [0.15, 0.2) is 24.3 Å². The van der Waals surface area contributed by atoms with E-state index in [1.54, 1.807) is 18.2 Å². The lowest BCUT2D eigenvalue weighted by Gasteiger charge is -2.29. The molecule has 0 aromatic heterocycles. The van der Waals surface area contributed by atoms with Gasteiger partial charge in [0.25, 0.3) is 0 Å². The van der Waals surface area contributed by atoms with Crippen molar-refractivity contribution in [2.45, 2.75) is 18.8 Å². The topological polar surface area (TPSA) is 38.3 Å². The Labute approximate surface area is 106 Å². The van der Waals surface area contributed by atoms with Crippen LogP contribution in [0.5, 0.6) is 0 Å². The van der Waals surface area contributed by atoms with E-state index in [0.717, 1.165) is 25.9 Å². The number of methoxy groups -OCH3 is 1. The molecule has 18 heavy (non-hydrogen) atoms. The van der Waals surface area contributed by atoms with Crippen molar-refractivity contribution in [3.8, 4) is 0 Å². The summed E-state index contributed by atoms with van der Waals surface area (Å²) in [5, 5.41) is 3.25. The van der Waals surface area contributed by atoms with Crippen molar-refractivity contribution in [2.24, 2.45) is 5.92 Å². The van der Waals surface area contributed by atoms with E-state index in [4.69, 9.17) is 4.74 Å². The maximum atomic E-state index is 13.9. The lowest BCUT2D eigenvalue weighted by atomic mass is 9.81. The molecular formula is C14H18FNO2. The van der Waals surface area contributed by atoms with E-state index in [9.17, 15) is 9.18 Å². The van der Waals surface area contributed by atoms with Gasteiger partial charge in [0.15, 0.2) is 0 Å². The molecule has 2 rings (SSSR count). The largest absolute Gasteiger partial charge is 0.469 e. The molecule has 1 heterocycles. The van der Waals surface area contributed by atoms with Crippen LogP contribution in [-0.4, -0.2) is 26.2 Å². The molecule has 1 fully saturated rings. The van der Waals surface area contributed by atoms with Gasteiger partial charge in [0.2, 0.25) is 0 Å². The second-order valence-corrected chi connectivity index (χ2v) is 4.63. The molecule has 1 aliphatic rings. The van der Waals surface area contributed by atoms with Gasteiger partial charge >= 0.3 is 5.97 Å². The van der Waals surface area contributed by atoms with E-state index in [1.807, 2.05) is 0 Å². The number of piperidine rings is 1. The fraction of sp³-hybridized carbons (Fsp3) is 0.500. The maximum absolute atomic E-state index is 13.9. The number of hydrogen-bond donors (Lipinski definition) is 1. The van der Waals surface area contributed by atoms with Gasteiger partial charge < -0.3 is 10.1 Å². The molecule has 1 aliphatic heterocycles. The van der Waals surface area contributed by atoms with Crippen LogP contribution in [0.25, 0.3) is 0 Å². The molecule has 1 aromatic rings. The van der Waals surface area contributed by atoms with Crippen LogP contribution < -0.4 is 5.32 Å². The molecule has 1 saturated heterocycles. The van der Waals surface area contributed by atoms with Gasteiger partial charge in [0.05, 0.1) is 13.0 Å². The number of benzene rings is 1. The summed E-state index contributed by atoms with van der Waals surface area (Å²) in [6.07, 6.45) is 1.92. The zero-order chi connectivity index (χ0) is 13.0. The van der Waals surface area contributed by atoms with Crippen molar-refractivity contribution in [1.82, 2.24) is 5.32 Å². The minimum atomic E-state index is -0.510. The summed E-state index contributed by atoms with van der Waals surface area (Å²) in [4.78, 5) is 11.9. The van der Waals surface area contributed by atoms with Crippen LogP contribution in [0.1, 0.15) is 24.3 Å². The van der Waals surface area contributed by atoms with E-state index >= 15 is 0 Å². The fourth-order valence-corrected chi connectivity index (χ4v) is 2.59. The Morgan fingerprint density at radius 3 is 2.89 bits per heavy atom. The van der Waals surface area contributed by atoms with Crippen LogP contribution in [-0.2, 0) is 9.53 Å². The molecule has 0 radical (unpaired) electrons. The number of carbonyl (C=O) groups excluding carboxylic acids is 1. The number of carbonyl (C=O) groups is 1. The zero-order valence-electron chi connectivity index (χ0n) is 10.5. The van der Waals surface area contributed by atoms with Gasteiger partial charge in [-0.1, -0.05) is 18.2 Å². The second kappa shape index (κ2) is 5.96.